The highest BCUT2D eigenvalue weighted by molar-refractivity contribution is 5.85. The van der Waals surface area contributed by atoms with Crippen molar-refractivity contribution in [2.45, 2.75) is 52.6 Å². The van der Waals surface area contributed by atoms with Crippen LogP contribution in [0.15, 0.2) is 0 Å². The van der Waals surface area contributed by atoms with E-state index in [4.69, 9.17) is 0 Å². The molecule has 0 aromatic heterocycles. The van der Waals surface area contributed by atoms with Gasteiger partial charge in [0, 0.05) is 17.8 Å². The van der Waals surface area contributed by atoms with Crippen molar-refractivity contribution in [3.8, 4) is 0 Å². The van der Waals surface area contributed by atoms with E-state index in [1.54, 1.807) is 0 Å². The maximum atomic E-state index is 11.9. The first-order valence-electron chi connectivity index (χ1n) is 5.43. The first kappa shape index (κ1) is 10.2. The Morgan fingerprint density at radius 2 is 1.86 bits per heavy atom. The molecule has 2 saturated carbocycles. The highest BCUT2D eigenvalue weighted by Gasteiger charge is 2.65. The molecule has 0 heterocycles. The Labute approximate surface area is 85.7 Å². The SMILES string of the molecule is CC1(C)CC(=O)C2CC(C)(O)C2(C)C1. The second kappa shape index (κ2) is 2.41. The van der Waals surface area contributed by atoms with Crippen LogP contribution in [0.2, 0.25) is 0 Å². The van der Waals surface area contributed by atoms with Crippen molar-refractivity contribution in [1.82, 2.24) is 0 Å². The third-order valence-corrected chi connectivity index (χ3v) is 4.49. The molecule has 0 aromatic carbocycles. The van der Waals surface area contributed by atoms with Crippen LogP contribution in [0.5, 0.6) is 0 Å². The van der Waals surface area contributed by atoms with Crippen LogP contribution in [0.3, 0.4) is 0 Å². The van der Waals surface area contributed by atoms with E-state index in [1.807, 2.05) is 6.92 Å². The molecule has 0 spiro atoms. The molecule has 3 unspecified atom stereocenters. The monoisotopic (exact) mass is 196 g/mol. The minimum absolute atomic E-state index is 0.0622. The van der Waals surface area contributed by atoms with E-state index < -0.39 is 5.60 Å². The predicted octanol–water partition coefficient (Wildman–Crippen LogP) is 2.15. The van der Waals surface area contributed by atoms with E-state index >= 15 is 0 Å². The molecule has 2 aliphatic carbocycles. The highest BCUT2D eigenvalue weighted by Crippen LogP contribution is 2.63. The summed E-state index contributed by atoms with van der Waals surface area (Å²) in [5.41, 5.74) is -0.746. The number of hydrogen-bond donors (Lipinski definition) is 1. The van der Waals surface area contributed by atoms with E-state index in [0.29, 0.717) is 18.6 Å². The third-order valence-electron chi connectivity index (χ3n) is 4.49. The highest BCUT2D eigenvalue weighted by atomic mass is 16.3. The Balaban J connectivity index is 2.32. The van der Waals surface area contributed by atoms with Crippen molar-refractivity contribution in [2.24, 2.45) is 16.7 Å². The van der Waals surface area contributed by atoms with Crippen molar-refractivity contribution < 1.29 is 9.90 Å². The summed E-state index contributed by atoms with van der Waals surface area (Å²) in [7, 11) is 0. The fourth-order valence-electron chi connectivity index (χ4n) is 3.53. The quantitative estimate of drug-likeness (QED) is 0.644. The van der Waals surface area contributed by atoms with Crippen LogP contribution < -0.4 is 0 Å². The molecule has 2 fully saturated rings. The number of ketones is 1. The van der Waals surface area contributed by atoms with Gasteiger partial charge in [-0.1, -0.05) is 20.8 Å². The van der Waals surface area contributed by atoms with Gasteiger partial charge in [-0.05, 0) is 25.2 Å². The number of hydrogen-bond acceptors (Lipinski definition) is 2. The Morgan fingerprint density at radius 3 is 2.36 bits per heavy atom. The Morgan fingerprint density at radius 1 is 1.29 bits per heavy atom. The van der Waals surface area contributed by atoms with Gasteiger partial charge in [0.05, 0.1) is 5.60 Å². The van der Waals surface area contributed by atoms with Gasteiger partial charge in [-0.15, -0.1) is 0 Å². The molecule has 80 valence electrons. The van der Waals surface area contributed by atoms with Gasteiger partial charge in [-0.25, -0.2) is 0 Å². The second-order valence-electron chi connectivity index (χ2n) is 6.43. The molecule has 0 radical (unpaired) electrons. The number of Topliss-reactive ketones (excluding diaryl/α,β-unsaturated/α-hetero) is 1. The van der Waals surface area contributed by atoms with Gasteiger partial charge >= 0.3 is 0 Å². The predicted molar refractivity (Wildman–Crippen MR) is 54.9 cm³/mol. The maximum Gasteiger partial charge on any atom is 0.137 e. The molecule has 0 amide bonds. The summed E-state index contributed by atoms with van der Waals surface area (Å²) in [6, 6.07) is 0. The van der Waals surface area contributed by atoms with E-state index in [1.165, 1.54) is 0 Å². The van der Waals surface area contributed by atoms with Gasteiger partial charge in [-0.2, -0.15) is 0 Å². The summed E-state index contributed by atoms with van der Waals surface area (Å²) < 4.78 is 0. The van der Waals surface area contributed by atoms with Gasteiger partial charge in [0.25, 0.3) is 0 Å². The molecule has 2 aliphatic rings. The van der Waals surface area contributed by atoms with Gasteiger partial charge in [0.15, 0.2) is 0 Å². The van der Waals surface area contributed by atoms with Gasteiger partial charge in [0.1, 0.15) is 5.78 Å². The molecule has 0 aromatic rings. The minimum atomic E-state index is -0.634. The molecular formula is C12H20O2. The minimum Gasteiger partial charge on any atom is -0.390 e. The molecule has 0 saturated heterocycles. The number of carbonyl (C=O) groups is 1. The second-order valence-corrected chi connectivity index (χ2v) is 6.43. The summed E-state index contributed by atoms with van der Waals surface area (Å²) in [5, 5.41) is 10.2. The normalized spacial score (nSPS) is 50.9. The lowest BCUT2D eigenvalue weighted by Crippen LogP contribution is -2.66. The van der Waals surface area contributed by atoms with Crippen LogP contribution in [0.4, 0.5) is 0 Å². The first-order valence-corrected chi connectivity index (χ1v) is 5.43. The Bertz CT molecular complexity index is 291. The Hall–Kier alpha value is -0.370. The van der Waals surface area contributed by atoms with Crippen LogP contribution in [0.1, 0.15) is 47.0 Å². The zero-order valence-corrected chi connectivity index (χ0v) is 9.55. The zero-order chi connectivity index (χ0) is 10.8. The van der Waals surface area contributed by atoms with Crippen molar-refractivity contribution in [3.63, 3.8) is 0 Å². The van der Waals surface area contributed by atoms with E-state index in [9.17, 15) is 9.90 Å². The molecule has 1 N–H and O–H groups in total. The zero-order valence-electron chi connectivity index (χ0n) is 9.55. The van der Waals surface area contributed by atoms with Crippen LogP contribution >= 0.6 is 0 Å². The molecule has 2 nitrogen and oxygen atoms in total. The molecule has 0 bridgehead atoms. The van der Waals surface area contributed by atoms with Crippen LogP contribution in [-0.4, -0.2) is 16.5 Å². The summed E-state index contributed by atoms with van der Waals surface area (Å²) >= 11 is 0. The number of carbonyl (C=O) groups excluding carboxylic acids is 1. The third kappa shape index (κ3) is 1.10. The average Bonchev–Trinajstić information content (AvgIpc) is 1.96. The van der Waals surface area contributed by atoms with Crippen LogP contribution in [0.25, 0.3) is 0 Å². The van der Waals surface area contributed by atoms with E-state index in [0.717, 1.165) is 6.42 Å². The summed E-state index contributed by atoms with van der Waals surface area (Å²) in [5.74, 6) is 0.473. The largest absolute Gasteiger partial charge is 0.390 e. The lowest BCUT2D eigenvalue weighted by atomic mass is 9.43. The summed E-state index contributed by atoms with van der Waals surface area (Å²) in [6.45, 7) is 8.19. The van der Waals surface area contributed by atoms with Gasteiger partial charge in [0.2, 0.25) is 0 Å². The van der Waals surface area contributed by atoms with Crippen LogP contribution in [-0.2, 0) is 4.79 Å². The van der Waals surface area contributed by atoms with E-state index in [-0.39, 0.29) is 16.7 Å². The van der Waals surface area contributed by atoms with Crippen molar-refractivity contribution in [1.29, 1.82) is 0 Å². The summed E-state index contributed by atoms with van der Waals surface area (Å²) in [6.07, 6.45) is 2.31. The fourth-order valence-corrected chi connectivity index (χ4v) is 3.53. The molecule has 3 atom stereocenters. The van der Waals surface area contributed by atoms with Crippen molar-refractivity contribution in [2.75, 3.05) is 0 Å². The maximum absolute atomic E-state index is 11.9. The van der Waals surface area contributed by atoms with Crippen molar-refractivity contribution >= 4 is 5.78 Å². The Kier molecular flexibility index (Phi) is 1.75. The lowest BCUT2D eigenvalue weighted by molar-refractivity contribution is -0.220. The fraction of sp³-hybridized carbons (Fsp3) is 0.917. The van der Waals surface area contributed by atoms with Gasteiger partial charge in [-0.3, -0.25) is 4.79 Å². The van der Waals surface area contributed by atoms with Gasteiger partial charge < -0.3 is 5.11 Å². The smallest absolute Gasteiger partial charge is 0.137 e. The van der Waals surface area contributed by atoms with Crippen molar-refractivity contribution in [3.05, 3.63) is 0 Å². The number of fused-ring (bicyclic) bond motifs is 1. The molecule has 14 heavy (non-hydrogen) atoms. The molecule has 0 aliphatic heterocycles. The molecule has 2 heteroatoms. The number of aliphatic hydroxyl groups is 1. The standard InChI is InChI=1S/C12H20O2/c1-10(2)6-9(13)8-5-12(4,14)11(8,3)7-10/h8,14H,5-7H2,1-4H3. The molecule has 2 rings (SSSR count). The van der Waals surface area contributed by atoms with E-state index in [2.05, 4.69) is 20.8 Å². The first-order chi connectivity index (χ1) is 6.18. The van der Waals surface area contributed by atoms with Crippen LogP contribution in [0, 0.1) is 16.7 Å². The molecular weight excluding hydrogens is 176 g/mol. The average molecular weight is 196 g/mol. The lowest BCUT2D eigenvalue weighted by Gasteiger charge is -2.63. The topological polar surface area (TPSA) is 37.3 Å². The summed E-state index contributed by atoms with van der Waals surface area (Å²) in [4.78, 5) is 11.9. The number of rotatable bonds is 0.